The standard InChI is InChI=1S/C21H31N5O3S/c1-3-22-21(26-11-12-29-20(16-26)19-14-24-25(2)15-19)23-10-7-13-30(27,28)17-18-8-5-4-6-9-18/h4-6,8-9,14-15,20H,3,7,10-13,16-17H2,1-2H3,(H,22,23). The number of hydrogen-bond donors (Lipinski definition) is 1. The van der Waals surface area contributed by atoms with E-state index >= 15 is 0 Å². The molecule has 3 rings (SSSR count). The van der Waals surface area contributed by atoms with Gasteiger partial charge in [-0.1, -0.05) is 30.3 Å². The molecule has 0 radical (unpaired) electrons. The van der Waals surface area contributed by atoms with E-state index in [4.69, 9.17) is 4.74 Å². The van der Waals surface area contributed by atoms with Crippen LogP contribution in [0.1, 0.15) is 30.6 Å². The van der Waals surface area contributed by atoms with Crippen LogP contribution in [0, 0.1) is 0 Å². The first-order valence-electron chi connectivity index (χ1n) is 10.3. The van der Waals surface area contributed by atoms with Crippen LogP contribution in [0.3, 0.4) is 0 Å². The van der Waals surface area contributed by atoms with Crippen molar-refractivity contribution in [3.05, 3.63) is 53.9 Å². The quantitative estimate of drug-likeness (QED) is 0.388. The van der Waals surface area contributed by atoms with Crippen LogP contribution in [0.15, 0.2) is 47.7 Å². The number of guanidine groups is 1. The highest BCUT2D eigenvalue weighted by molar-refractivity contribution is 7.90. The minimum Gasteiger partial charge on any atom is -0.370 e. The Morgan fingerprint density at radius 2 is 2.13 bits per heavy atom. The summed E-state index contributed by atoms with van der Waals surface area (Å²) >= 11 is 0. The van der Waals surface area contributed by atoms with E-state index in [-0.39, 0.29) is 17.6 Å². The van der Waals surface area contributed by atoms with E-state index in [1.165, 1.54) is 0 Å². The van der Waals surface area contributed by atoms with E-state index < -0.39 is 9.84 Å². The van der Waals surface area contributed by atoms with Crippen molar-refractivity contribution in [3.8, 4) is 0 Å². The van der Waals surface area contributed by atoms with Gasteiger partial charge in [-0.15, -0.1) is 0 Å². The number of morpholine rings is 1. The van der Waals surface area contributed by atoms with Gasteiger partial charge in [0.25, 0.3) is 0 Å². The summed E-state index contributed by atoms with van der Waals surface area (Å²) in [6, 6.07) is 9.29. The second kappa shape index (κ2) is 10.6. The number of ether oxygens (including phenoxy) is 1. The molecule has 30 heavy (non-hydrogen) atoms. The number of rotatable bonds is 8. The largest absolute Gasteiger partial charge is 0.370 e. The molecule has 0 saturated carbocycles. The summed E-state index contributed by atoms with van der Waals surface area (Å²) in [6.45, 7) is 5.28. The monoisotopic (exact) mass is 433 g/mol. The summed E-state index contributed by atoms with van der Waals surface area (Å²) < 4.78 is 32.4. The minimum absolute atomic E-state index is 0.0532. The third-order valence-electron chi connectivity index (χ3n) is 4.90. The lowest BCUT2D eigenvalue weighted by Crippen LogP contribution is -2.48. The molecule has 2 heterocycles. The summed E-state index contributed by atoms with van der Waals surface area (Å²) in [5.41, 5.74) is 1.87. The summed E-state index contributed by atoms with van der Waals surface area (Å²) in [5, 5.41) is 7.54. The first-order valence-corrected chi connectivity index (χ1v) is 12.2. The molecule has 2 aromatic rings. The Balaban J connectivity index is 1.55. The molecule has 1 unspecified atom stereocenters. The smallest absolute Gasteiger partial charge is 0.194 e. The van der Waals surface area contributed by atoms with Gasteiger partial charge in [0.15, 0.2) is 15.8 Å². The van der Waals surface area contributed by atoms with Crippen LogP contribution in [-0.2, 0) is 27.4 Å². The van der Waals surface area contributed by atoms with Gasteiger partial charge < -0.3 is 15.0 Å². The number of nitrogens with one attached hydrogen (secondary N) is 1. The first-order chi connectivity index (χ1) is 14.5. The topological polar surface area (TPSA) is 88.8 Å². The molecular formula is C21H31N5O3S. The van der Waals surface area contributed by atoms with Crippen molar-refractivity contribution < 1.29 is 13.2 Å². The zero-order chi connectivity index (χ0) is 21.4. The fourth-order valence-electron chi connectivity index (χ4n) is 3.45. The zero-order valence-corrected chi connectivity index (χ0v) is 18.5. The average molecular weight is 434 g/mol. The highest BCUT2D eigenvalue weighted by Gasteiger charge is 2.25. The average Bonchev–Trinajstić information content (AvgIpc) is 3.17. The minimum atomic E-state index is -3.14. The van der Waals surface area contributed by atoms with Crippen molar-refractivity contribution in [2.45, 2.75) is 25.2 Å². The van der Waals surface area contributed by atoms with Crippen molar-refractivity contribution in [1.82, 2.24) is 20.0 Å². The van der Waals surface area contributed by atoms with Crippen molar-refractivity contribution in [3.63, 3.8) is 0 Å². The number of sulfone groups is 1. The highest BCUT2D eigenvalue weighted by atomic mass is 32.2. The molecule has 0 bridgehead atoms. The fraction of sp³-hybridized carbons (Fsp3) is 0.524. The van der Waals surface area contributed by atoms with Crippen LogP contribution in [-0.4, -0.2) is 67.6 Å². The molecule has 1 saturated heterocycles. The predicted molar refractivity (Wildman–Crippen MR) is 118 cm³/mol. The number of benzene rings is 1. The molecule has 9 heteroatoms. The van der Waals surface area contributed by atoms with E-state index in [0.717, 1.165) is 30.2 Å². The lowest BCUT2D eigenvalue weighted by atomic mass is 10.1. The van der Waals surface area contributed by atoms with Crippen LogP contribution in [0.25, 0.3) is 0 Å². The molecule has 0 spiro atoms. The first kappa shape index (κ1) is 22.3. The third kappa shape index (κ3) is 6.56. The van der Waals surface area contributed by atoms with Gasteiger partial charge in [-0.3, -0.25) is 9.67 Å². The lowest BCUT2D eigenvalue weighted by molar-refractivity contribution is -0.00803. The van der Waals surface area contributed by atoms with Gasteiger partial charge in [-0.2, -0.15) is 5.10 Å². The van der Waals surface area contributed by atoms with Crippen molar-refractivity contribution in [1.29, 1.82) is 0 Å². The van der Waals surface area contributed by atoms with Gasteiger partial charge in [0, 0.05) is 38.4 Å². The molecule has 1 fully saturated rings. The number of aliphatic imine (C=N–C) groups is 1. The van der Waals surface area contributed by atoms with E-state index in [1.807, 2.05) is 56.7 Å². The highest BCUT2D eigenvalue weighted by Crippen LogP contribution is 2.21. The van der Waals surface area contributed by atoms with Gasteiger partial charge in [0.05, 0.1) is 30.9 Å². The second-order valence-corrected chi connectivity index (χ2v) is 9.60. The van der Waals surface area contributed by atoms with Crippen LogP contribution < -0.4 is 5.32 Å². The van der Waals surface area contributed by atoms with E-state index in [1.54, 1.807) is 4.68 Å². The normalized spacial score (nSPS) is 17.9. The summed E-state index contributed by atoms with van der Waals surface area (Å²) in [5.74, 6) is 1.01. The summed E-state index contributed by atoms with van der Waals surface area (Å²) in [6.07, 6.45) is 4.24. The Morgan fingerprint density at radius 3 is 2.83 bits per heavy atom. The number of hydrogen-bond acceptors (Lipinski definition) is 5. The third-order valence-corrected chi connectivity index (χ3v) is 6.59. The van der Waals surface area contributed by atoms with Gasteiger partial charge in [-0.05, 0) is 18.9 Å². The number of nitrogens with zero attached hydrogens (tertiary/aromatic N) is 4. The summed E-state index contributed by atoms with van der Waals surface area (Å²) in [7, 11) is -1.25. The van der Waals surface area contributed by atoms with E-state index in [2.05, 4.69) is 20.3 Å². The fourth-order valence-corrected chi connectivity index (χ4v) is 4.86. The molecule has 1 atom stereocenters. The van der Waals surface area contributed by atoms with Crippen LogP contribution in [0.2, 0.25) is 0 Å². The van der Waals surface area contributed by atoms with Gasteiger partial charge in [0.2, 0.25) is 0 Å². The van der Waals surface area contributed by atoms with Crippen LogP contribution >= 0.6 is 0 Å². The molecule has 1 aliphatic rings. The maximum atomic E-state index is 12.4. The van der Waals surface area contributed by atoms with E-state index in [9.17, 15) is 8.42 Å². The Bertz CT molecular complexity index is 927. The van der Waals surface area contributed by atoms with Crippen molar-refractivity contribution in [2.24, 2.45) is 12.0 Å². The number of aryl methyl sites for hydroxylation is 1. The Labute approximate surface area is 178 Å². The molecular weight excluding hydrogens is 402 g/mol. The van der Waals surface area contributed by atoms with Crippen molar-refractivity contribution >= 4 is 15.8 Å². The second-order valence-electron chi connectivity index (χ2n) is 7.42. The predicted octanol–water partition coefficient (Wildman–Crippen LogP) is 1.76. The summed E-state index contributed by atoms with van der Waals surface area (Å²) in [4.78, 5) is 6.84. The Hall–Kier alpha value is -2.39. The Morgan fingerprint density at radius 1 is 1.33 bits per heavy atom. The van der Waals surface area contributed by atoms with Gasteiger partial charge in [0.1, 0.15) is 6.10 Å². The molecule has 1 aromatic heterocycles. The zero-order valence-electron chi connectivity index (χ0n) is 17.7. The SMILES string of the molecule is CCNC(=NCCCS(=O)(=O)Cc1ccccc1)N1CCOC(c2cnn(C)c2)C1. The molecule has 164 valence electrons. The van der Waals surface area contributed by atoms with E-state index in [0.29, 0.717) is 26.1 Å². The molecule has 1 aromatic carbocycles. The van der Waals surface area contributed by atoms with Crippen molar-refractivity contribution in [2.75, 3.05) is 38.5 Å². The number of aromatic nitrogens is 2. The molecule has 0 amide bonds. The van der Waals surface area contributed by atoms with Crippen LogP contribution in [0.4, 0.5) is 0 Å². The van der Waals surface area contributed by atoms with Crippen LogP contribution in [0.5, 0.6) is 0 Å². The molecule has 0 aliphatic carbocycles. The maximum Gasteiger partial charge on any atom is 0.194 e. The molecule has 1 aliphatic heterocycles. The molecule has 8 nitrogen and oxygen atoms in total. The Kier molecular flexibility index (Phi) is 7.87. The van der Waals surface area contributed by atoms with Gasteiger partial charge in [-0.25, -0.2) is 8.42 Å². The van der Waals surface area contributed by atoms with Gasteiger partial charge >= 0.3 is 0 Å². The lowest BCUT2D eigenvalue weighted by Gasteiger charge is -2.34. The molecule has 1 N–H and O–H groups in total. The maximum absolute atomic E-state index is 12.4.